The number of carbonyl (C=O) groups is 2. The van der Waals surface area contributed by atoms with Gasteiger partial charge in [-0.05, 0) is 12.0 Å². The number of unbranched alkanes of at least 4 members (excludes halogenated alkanes) is 1. The lowest BCUT2D eigenvalue weighted by atomic mass is 9.88. The van der Waals surface area contributed by atoms with E-state index in [0.717, 1.165) is 18.4 Å². The van der Waals surface area contributed by atoms with Gasteiger partial charge in [-0.25, -0.2) is 9.59 Å². The lowest BCUT2D eigenvalue weighted by Crippen LogP contribution is -2.15. The second-order valence-electron chi connectivity index (χ2n) is 6.06. The van der Waals surface area contributed by atoms with Crippen LogP contribution < -0.4 is 0 Å². The minimum atomic E-state index is -1.09. The van der Waals surface area contributed by atoms with Gasteiger partial charge >= 0.3 is 11.9 Å². The predicted molar refractivity (Wildman–Crippen MR) is 100 cm³/mol. The molecule has 0 bridgehead atoms. The molecule has 0 amide bonds. The van der Waals surface area contributed by atoms with E-state index in [0.29, 0.717) is 6.42 Å². The molecule has 1 aromatic carbocycles. The molecule has 0 fully saturated rings. The van der Waals surface area contributed by atoms with Crippen LogP contribution in [-0.2, 0) is 9.59 Å². The van der Waals surface area contributed by atoms with E-state index >= 15 is 0 Å². The van der Waals surface area contributed by atoms with Crippen molar-refractivity contribution >= 4 is 18.0 Å². The fraction of sp³-hybridized carbons (Fsp3) is 0.333. The minimum Gasteiger partial charge on any atom is -0.478 e. The Hall–Kier alpha value is -2.62. The number of carboxylic acids is 2. The Morgan fingerprint density at radius 3 is 2.32 bits per heavy atom. The van der Waals surface area contributed by atoms with Gasteiger partial charge in [-0.2, -0.15) is 0 Å². The topological polar surface area (TPSA) is 74.6 Å². The van der Waals surface area contributed by atoms with Crippen LogP contribution in [0.4, 0.5) is 0 Å². The van der Waals surface area contributed by atoms with Crippen molar-refractivity contribution in [1.82, 2.24) is 0 Å². The van der Waals surface area contributed by atoms with Gasteiger partial charge in [0.25, 0.3) is 0 Å². The lowest BCUT2D eigenvalue weighted by Gasteiger charge is -2.16. The van der Waals surface area contributed by atoms with Gasteiger partial charge in [0.2, 0.25) is 0 Å². The average molecular weight is 342 g/mol. The van der Waals surface area contributed by atoms with Crippen LogP contribution >= 0.6 is 0 Å². The summed E-state index contributed by atoms with van der Waals surface area (Å²) >= 11 is 0. The van der Waals surface area contributed by atoms with E-state index in [4.69, 9.17) is 0 Å². The summed E-state index contributed by atoms with van der Waals surface area (Å²) in [5.41, 5.74) is 1.21. The summed E-state index contributed by atoms with van der Waals surface area (Å²) in [5.74, 6) is -2.95. The van der Waals surface area contributed by atoms with Gasteiger partial charge in [-0.1, -0.05) is 81.8 Å². The summed E-state index contributed by atoms with van der Waals surface area (Å²) in [6.07, 6.45) is 7.53. The third kappa shape index (κ3) is 6.79. The molecule has 0 heterocycles. The zero-order valence-corrected chi connectivity index (χ0v) is 14.8. The Labute approximate surface area is 149 Å². The normalized spacial score (nSPS) is 14.2. The fourth-order valence-electron chi connectivity index (χ4n) is 2.50. The lowest BCUT2D eigenvalue weighted by molar-refractivity contribution is -0.134. The molecule has 1 aromatic rings. The van der Waals surface area contributed by atoms with E-state index in [1.54, 1.807) is 13.0 Å². The molecular formula is C21H26O4. The van der Waals surface area contributed by atoms with Crippen molar-refractivity contribution in [3.05, 3.63) is 65.8 Å². The summed E-state index contributed by atoms with van der Waals surface area (Å²) in [6.45, 7) is 7.42. The first-order valence-electron chi connectivity index (χ1n) is 8.47. The van der Waals surface area contributed by atoms with Crippen LogP contribution in [0.15, 0.2) is 60.2 Å². The van der Waals surface area contributed by atoms with Gasteiger partial charge in [0, 0.05) is 23.0 Å². The molecule has 25 heavy (non-hydrogen) atoms. The maximum absolute atomic E-state index is 11.7. The Balaban J connectivity index is 3.06. The first-order chi connectivity index (χ1) is 11.9. The van der Waals surface area contributed by atoms with Gasteiger partial charge in [0.15, 0.2) is 0 Å². The molecule has 2 N–H and O–H groups in total. The van der Waals surface area contributed by atoms with Gasteiger partial charge in [-0.15, -0.1) is 0 Å². The highest BCUT2D eigenvalue weighted by Crippen LogP contribution is 2.24. The van der Waals surface area contributed by atoms with Crippen molar-refractivity contribution in [1.29, 1.82) is 0 Å². The number of hydrogen-bond acceptors (Lipinski definition) is 2. The van der Waals surface area contributed by atoms with Crippen molar-refractivity contribution in [2.24, 2.45) is 11.8 Å². The molecule has 2 unspecified atom stereocenters. The van der Waals surface area contributed by atoms with E-state index in [1.165, 1.54) is 0 Å². The Bertz CT molecular complexity index is 656. The van der Waals surface area contributed by atoms with Crippen LogP contribution in [0.25, 0.3) is 6.08 Å². The molecule has 0 saturated carbocycles. The van der Waals surface area contributed by atoms with Crippen molar-refractivity contribution in [3.8, 4) is 0 Å². The van der Waals surface area contributed by atoms with Gasteiger partial charge in [0.1, 0.15) is 0 Å². The molecule has 0 spiro atoms. The predicted octanol–water partition coefficient (Wildman–Crippen LogP) is 4.79. The number of rotatable bonds is 10. The molecule has 134 valence electrons. The summed E-state index contributed by atoms with van der Waals surface area (Å²) < 4.78 is 0. The number of benzene rings is 1. The molecule has 4 heteroatoms. The Morgan fingerprint density at radius 2 is 1.80 bits per heavy atom. The van der Waals surface area contributed by atoms with E-state index in [9.17, 15) is 19.8 Å². The number of allylic oxidation sites excluding steroid dienone is 2. The first-order valence-corrected chi connectivity index (χ1v) is 8.47. The SMILES string of the molecule is C=C(C(=O)O)C(C=C(C(=O)O)C(C)C=Cc1ccccc1)CCCC. The maximum atomic E-state index is 11.7. The molecule has 2 atom stereocenters. The number of carboxylic acid groups (broad SMARTS) is 2. The summed E-state index contributed by atoms with van der Waals surface area (Å²) in [7, 11) is 0. The molecule has 0 aliphatic heterocycles. The average Bonchev–Trinajstić information content (AvgIpc) is 2.59. The van der Waals surface area contributed by atoms with Crippen LogP contribution in [0.2, 0.25) is 0 Å². The molecule has 4 nitrogen and oxygen atoms in total. The number of aliphatic carboxylic acids is 2. The minimum absolute atomic E-state index is 0.0337. The van der Waals surface area contributed by atoms with Crippen LogP contribution in [0.5, 0.6) is 0 Å². The molecular weight excluding hydrogens is 316 g/mol. The van der Waals surface area contributed by atoms with Gasteiger partial charge in [0.05, 0.1) is 0 Å². The zero-order chi connectivity index (χ0) is 18.8. The van der Waals surface area contributed by atoms with Gasteiger partial charge in [-0.3, -0.25) is 0 Å². The highest BCUT2D eigenvalue weighted by molar-refractivity contribution is 5.90. The zero-order valence-electron chi connectivity index (χ0n) is 14.8. The first kappa shape index (κ1) is 20.4. The largest absolute Gasteiger partial charge is 0.478 e. The highest BCUT2D eigenvalue weighted by Gasteiger charge is 2.21. The summed E-state index contributed by atoms with van der Waals surface area (Å²) in [4.78, 5) is 22.9. The van der Waals surface area contributed by atoms with Crippen molar-refractivity contribution in [2.45, 2.75) is 33.1 Å². The van der Waals surface area contributed by atoms with Crippen LogP contribution in [0, 0.1) is 11.8 Å². The number of hydrogen-bond donors (Lipinski definition) is 2. The van der Waals surface area contributed by atoms with Crippen molar-refractivity contribution in [3.63, 3.8) is 0 Å². The van der Waals surface area contributed by atoms with E-state index in [1.807, 2.05) is 49.4 Å². The monoisotopic (exact) mass is 342 g/mol. The van der Waals surface area contributed by atoms with Gasteiger partial charge < -0.3 is 10.2 Å². The van der Waals surface area contributed by atoms with E-state index in [-0.39, 0.29) is 17.1 Å². The molecule has 0 aliphatic carbocycles. The second-order valence-corrected chi connectivity index (χ2v) is 6.06. The molecule has 0 saturated heterocycles. The van der Waals surface area contributed by atoms with Crippen LogP contribution in [0.1, 0.15) is 38.7 Å². The third-order valence-electron chi connectivity index (χ3n) is 4.09. The fourth-order valence-corrected chi connectivity index (χ4v) is 2.50. The van der Waals surface area contributed by atoms with E-state index in [2.05, 4.69) is 6.58 Å². The standard InChI is InChI=1S/C21H26O4/c1-4-5-11-18(16(3)20(22)23)14-19(21(24)25)15(2)12-13-17-9-7-6-8-10-17/h6-10,12-15,18H,3-5,11H2,1-2H3,(H,22,23)(H,24,25). The quantitative estimate of drug-likeness (QED) is 0.599. The third-order valence-corrected chi connectivity index (χ3v) is 4.09. The van der Waals surface area contributed by atoms with Crippen molar-refractivity contribution < 1.29 is 19.8 Å². The smallest absolute Gasteiger partial charge is 0.331 e. The van der Waals surface area contributed by atoms with E-state index < -0.39 is 17.9 Å². The molecule has 1 rings (SSSR count). The summed E-state index contributed by atoms with van der Waals surface area (Å²) in [6, 6.07) is 9.61. The highest BCUT2D eigenvalue weighted by atomic mass is 16.4. The molecule has 0 aromatic heterocycles. The Kier molecular flexibility index (Phi) is 8.40. The maximum Gasteiger partial charge on any atom is 0.331 e. The van der Waals surface area contributed by atoms with Crippen LogP contribution in [-0.4, -0.2) is 22.2 Å². The molecule has 0 radical (unpaired) electrons. The van der Waals surface area contributed by atoms with Crippen LogP contribution in [0.3, 0.4) is 0 Å². The summed E-state index contributed by atoms with van der Waals surface area (Å²) in [5, 5.41) is 18.8. The van der Waals surface area contributed by atoms with Crippen molar-refractivity contribution in [2.75, 3.05) is 0 Å². The second kappa shape index (κ2) is 10.3. The Morgan fingerprint density at radius 1 is 1.16 bits per heavy atom. The molecule has 0 aliphatic rings.